The highest BCUT2D eigenvalue weighted by atomic mass is 16.2. The maximum atomic E-state index is 12.5. The van der Waals surface area contributed by atoms with Crippen molar-refractivity contribution in [3.63, 3.8) is 0 Å². The monoisotopic (exact) mass is 337 g/mol. The Hall–Kier alpha value is -2.50. The van der Waals surface area contributed by atoms with Gasteiger partial charge in [0.2, 0.25) is 0 Å². The topological polar surface area (TPSA) is 67.2 Å². The molecular weight excluding hydrogens is 314 g/mol. The van der Waals surface area contributed by atoms with Crippen LogP contribution < -0.4 is 10.9 Å². The van der Waals surface area contributed by atoms with E-state index in [2.05, 4.69) is 22.4 Å². The van der Waals surface area contributed by atoms with Gasteiger partial charge in [-0.15, -0.1) is 0 Å². The summed E-state index contributed by atoms with van der Waals surface area (Å²) in [5, 5.41) is 13.3. The number of rotatable bonds is 8. The van der Waals surface area contributed by atoms with Crippen molar-refractivity contribution in [3.05, 3.63) is 76.8 Å². The van der Waals surface area contributed by atoms with Crippen molar-refractivity contribution in [1.29, 1.82) is 0 Å². The fourth-order valence-corrected chi connectivity index (χ4v) is 2.99. The van der Waals surface area contributed by atoms with Gasteiger partial charge in [-0.25, -0.2) is 4.98 Å². The van der Waals surface area contributed by atoms with Crippen LogP contribution in [0.2, 0.25) is 0 Å². The maximum absolute atomic E-state index is 12.5. The van der Waals surface area contributed by atoms with E-state index in [1.54, 1.807) is 10.9 Å². The second kappa shape index (κ2) is 8.55. The van der Waals surface area contributed by atoms with Crippen molar-refractivity contribution in [3.8, 4) is 0 Å². The highest BCUT2D eigenvalue weighted by Crippen LogP contribution is 2.17. The molecule has 0 saturated carbocycles. The summed E-state index contributed by atoms with van der Waals surface area (Å²) < 4.78 is 1.64. The van der Waals surface area contributed by atoms with Crippen LogP contribution in [-0.4, -0.2) is 27.8 Å². The van der Waals surface area contributed by atoms with Crippen LogP contribution in [0.25, 0.3) is 10.9 Å². The summed E-state index contributed by atoms with van der Waals surface area (Å²) in [7, 11) is 0. The van der Waals surface area contributed by atoms with Gasteiger partial charge in [0, 0.05) is 25.7 Å². The summed E-state index contributed by atoms with van der Waals surface area (Å²) in [6.45, 7) is 1.39. The highest BCUT2D eigenvalue weighted by molar-refractivity contribution is 5.76. The number of aromatic nitrogens is 2. The normalized spacial score (nSPS) is 12.4. The van der Waals surface area contributed by atoms with E-state index in [0.29, 0.717) is 18.5 Å². The van der Waals surface area contributed by atoms with Crippen molar-refractivity contribution >= 4 is 10.9 Å². The molecule has 2 aromatic carbocycles. The molecule has 0 aliphatic carbocycles. The molecule has 0 radical (unpaired) electrons. The van der Waals surface area contributed by atoms with Crippen molar-refractivity contribution in [2.75, 3.05) is 13.2 Å². The largest absolute Gasteiger partial charge is 0.396 e. The van der Waals surface area contributed by atoms with Crippen LogP contribution >= 0.6 is 0 Å². The van der Waals surface area contributed by atoms with Gasteiger partial charge in [0.25, 0.3) is 5.56 Å². The first-order valence-corrected chi connectivity index (χ1v) is 8.63. The molecule has 0 amide bonds. The molecular formula is C20H23N3O2. The van der Waals surface area contributed by atoms with E-state index in [1.165, 1.54) is 5.56 Å². The summed E-state index contributed by atoms with van der Waals surface area (Å²) >= 11 is 0. The number of para-hydroxylation sites is 1. The molecule has 0 aliphatic heterocycles. The molecule has 1 atom stereocenters. The molecule has 2 N–H and O–H groups in total. The number of hydrogen-bond donors (Lipinski definition) is 2. The Kier molecular flexibility index (Phi) is 5.93. The molecule has 5 nitrogen and oxygen atoms in total. The standard InChI is InChI=1S/C20H23N3O2/c24-14-6-11-18(16-7-2-1-3-8-16)21-12-13-23-15-22-19-10-5-4-9-17(19)20(23)25/h1-5,7-10,15,18,21,24H,6,11-14H2. The number of hydrogen-bond acceptors (Lipinski definition) is 4. The van der Waals surface area contributed by atoms with Crippen LogP contribution in [0.15, 0.2) is 65.7 Å². The minimum Gasteiger partial charge on any atom is -0.396 e. The predicted molar refractivity (Wildman–Crippen MR) is 99.5 cm³/mol. The molecule has 0 bridgehead atoms. The van der Waals surface area contributed by atoms with Gasteiger partial charge in [-0.05, 0) is 30.5 Å². The quantitative estimate of drug-likeness (QED) is 0.663. The molecule has 1 aromatic heterocycles. The predicted octanol–water partition coefficient (Wildman–Crippen LogP) is 2.50. The lowest BCUT2D eigenvalue weighted by molar-refractivity contribution is 0.274. The third-order valence-electron chi connectivity index (χ3n) is 4.33. The smallest absolute Gasteiger partial charge is 0.261 e. The Bertz CT molecular complexity index is 861. The SMILES string of the molecule is O=c1c2ccccc2ncn1CCNC(CCCO)c1ccccc1. The Balaban J connectivity index is 1.68. The van der Waals surface area contributed by atoms with Gasteiger partial charge in [-0.2, -0.15) is 0 Å². The van der Waals surface area contributed by atoms with E-state index < -0.39 is 0 Å². The van der Waals surface area contributed by atoms with Crippen LogP contribution in [-0.2, 0) is 6.54 Å². The minimum absolute atomic E-state index is 0.0148. The molecule has 5 heteroatoms. The summed E-state index contributed by atoms with van der Waals surface area (Å²) in [6.07, 6.45) is 3.20. The average Bonchev–Trinajstić information content (AvgIpc) is 2.67. The molecule has 3 aromatic rings. The number of nitrogens with one attached hydrogen (secondary N) is 1. The van der Waals surface area contributed by atoms with E-state index in [4.69, 9.17) is 5.11 Å². The van der Waals surface area contributed by atoms with Gasteiger partial charge < -0.3 is 10.4 Å². The van der Waals surface area contributed by atoms with Crippen molar-refractivity contribution < 1.29 is 5.11 Å². The Labute approximate surface area is 147 Å². The van der Waals surface area contributed by atoms with E-state index in [9.17, 15) is 4.79 Å². The van der Waals surface area contributed by atoms with Crippen LogP contribution in [0, 0.1) is 0 Å². The molecule has 130 valence electrons. The molecule has 1 heterocycles. The molecule has 0 aliphatic rings. The van der Waals surface area contributed by atoms with Crippen LogP contribution in [0.4, 0.5) is 0 Å². The number of fused-ring (bicyclic) bond motifs is 1. The molecule has 0 spiro atoms. The zero-order chi connectivity index (χ0) is 17.5. The number of nitrogens with zero attached hydrogens (tertiary/aromatic N) is 2. The lowest BCUT2D eigenvalue weighted by Crippen LogP contribution is -2.30. The van der Waals surface area contributed by atoms with E-state index in [0.717, 1.165) is 18.4 Å². The molecule has 1 unspecified atom stereocenters. The lowest BCUT2D eigenvalue weighted by atomic mass is 10.0. The van der Waals surface area contributed by atoms with Gasteiger partial charge in [0.15, 0.2) is 0 Å². The van der Waals surface area contributed by atoms with Crippen molar-refractivity contribution in [1.82, 2.24) is 14.9 Å². The van der Waals surface area contributed by atoms with Gasteiger partial charge >= 0.3 is 0 Å². The third kappa shape index (κ3) is 4.32. The van der Waals surface area contributed by atoms with E-state index in [1.807, 2.05) is 42.5 Å². The Morgan fingerprint density at radius 1 is 1.08 bits per heavy atom. The number of aliphatic hydroxyl groups excluding tert-OH is 1. The first-order valence-electron chi connectivity index (χ1n) is 8.63. The van der Waals surface area contributed by atoms with Crippen LogP contribution in [0.5, 0.6) is 0 Å². The Morgan fingerprint density at radius 3 is 2.64 bits per heavy atom. The summed E-state index contributed by atoms with van der Waals surface area (Å²) in [4.78, 5) is 16.9. The molecule has 0 saturated heterocycles. The first-order chi connectivity index (χ1) is 12.3. The average molecular weight is 337 g/mol. The van der Waals surface area contributed by atoms with Crippen LogP contribution in [0.3, 0.4) is 0 Å². The number of aliphatic hydroxyl groups is 1. The van der Waals surface area contributed by atoms with E-state index >= 15 is 0 Å². The molecule has 3 rings (SSSR count). The zero-order valence-corrected chi connectivity index (χ0v) is 14.1. The number of benzene rings is 2. The van der Waals surface area contributed by atoms with Gasteiger partial charge in [0.05, 0.1) is 17.2 Å². The fraction of sp³-hybridized carbons (Fsp3) is 0.300. The lowest BCUT2D eigenvalue weighted by Gasteiger charge is -2.19. The summed E-state index contributed by atoms with van der Waals surface area (Å²) in [5.41, 5.74) is 1.90. The minimum atomic E-state index is -0.0148. The molecule has 0 fully saturated rings. The summed E-state index contributed by atoms with van der Waals surface area (Å²) in [5.74, 6) is 0. The third-order valence-corrected chi connectivity index (χ3v) is 4.33. The van der Waals surface area contributed by atoms with Crippen molar-refractivity contribution in [2.24, 2.45) is 0 Å². The fourth-order valence-electron chi connectivity index (χ4n) is 2.99. The van der Waals surface area contributed by atoms with Crippen molar-refractivity contribution in [2.45, 2.75) is 25.4 Å². The summed E-state index contributed by atoms with van der Waals surface area (Å²) in [6, 6.07) is 17.7. The maximum Gasteiger partial charge on any atom is 0.261 e. The molecule has 25 heavy (non-hydrogen) atoms. The highest BCUT2D eigenvalue weighted by Gasteiger charge is 2.10. The van der Waals surface area contributed by atoms with Crippen LogP contribution in [0.1, 0.15) is 24.4 Å². The van der Waals surface area contributed by atoms with E-state index in [-0.39, 0.29) is 18.2 Å². The second-order valence-corrected chi connectivity index (χ2v) is 6.04. The van der Waals surface area contributed by atoms with Gasteiger partial charge in [-0.1, -0.05) is 42.5 Å². The first kappa shape index (κ1) is 17.3. The Morgan fingerprint density at radius 2 is 1.84 bits per heavy atom. The second-order valence-electron chi connectivity index (χ2n) is 6.04. The van der Waals surface area contributed by atoms with Gasteiger partial charge in [-0.3, -0.25) is 9.36 Å². The van der Waals surface area contributed by atoms with Gasteiger partial charge in [0.1, 0.15) is 0 Å². The zero-order valence-electron chi connectivity index (χ0n) is 14.1.